The number of ether oxygens (including phenoxy) is 2. The molecule has 7 heteroatoms. The van der Waals surface area contributed by atoms with Crippen LogP contribution in [0.1, 0.15) is 46.4 Å². The number of aromatic amines is 1. The van der Waals surface area contributed by atoms with Crippen molar-refractivity contribution in [2.24, 2.45) is 0 Å². The molecular formula is C22H20N2O5. The van der Waals surface area contributed by atoms with E-state index in [2.05, 4.69) is 10.2 Å². The van der Waals surface area contributed by atoms with Gasteiger partial charge in [-0.3, -0.25) is 4.79 Å². The predicted molar refractivity (Wildman–Crippen MR) is 106 cm³/mol. The molecule has 2 N–H and O–H groups in total. The molecule has 7 nitrogen and oxygen atoms in total. The number of benzene rings is 2. The average Bonchev–Trinajstić information content (AvgIpc) is 3.15. The number of carbonyl (C=O) groups is 1. The molecule has 29 heavy (non-hydrogen) atoms. The Morgan fingerprint density at radius 3 is 2.86 bits per heavy atom. The van der Waals surface area contributed by atoms with Crippen molar-refractivity contribution in [1.29, 1.82) is 0 Å². The molecule has 1 aromatic heterocycles. The highest BCUT2D eigenvalue weighted by Crippen LogP contribution is 2.33. The molecular weight excluding hydrogens is 372 g/mol. The summed E-state index contributed by atoms with van der Waals surface area (Å²) in [6.45, 7) is 0.487. The summed E-state index contributed by atoms with van der Waals surface area (Å²) in [5.74, 6) is 0.168. The van der Waals surface area contributed by atoms with Gasteiger partial charge >= 0.3 is 5.97 Å². The quantitative estimate of drug-likeness (QED) is 0.692. The highest BCUT2D eigenvalue weighted by atomic mass is 16.5. The zero-order chi connectivity index (χ0) is 20.0. The molecule has 2 aromatic carbocycles. The third-order valence-corrected chi connectivity index (χ3v) is 5.64. The number of hydrogen-bond acceptors (Lipinski definition) is 5. The molecule has 0 spiro atoms. The maximum atomic E-state index is 12.2. The summed E-state index contributed by atoms with van der Waals surface area (Å²) in [6, 6.07) is 9.02. The third kappa shape index (κ3) is 3.22. The van der Waals surface area contributed by atoms with E-state index >= 15 is 0 Å². The first-order chi connectivity index (χ1) is 14.1. The lowest BCUT2D eigenvalue weighted by atomic mass is 9.96. The summed E-state index contributed by atoms with van der Waals surface area (Å²) in [7, 11) is 0. The predicted octanol–water partition coefficient (Wildman–Crippen LogP) is 3.08. The maximum absolute atomic E-state index is 12.2. The van der Waals surface area contributed by atoms with Crippen molar-refractivity contribution in [3.05, 3.63) is 63.1 Å². The number of H-pyrrole nitrogens is 1. The lowest BCUT2D eigenvalue weighted by molar-refractivity contribution is 0.0693. The first-order valence-corrected chi connectivity index (χ1v) is 9.78. The zero-order valence-corrected chi connectivity index (χ0v) is 15.7. The number of nitrogens with zero attached hydrogens (tertiary/aromatic N) is 1. The molecule has 148 valence electrons. The normalized spacial score (nSPS) is 15.6. The zero-order valence-electron chi connectivity index (χ0n) is 15.7. The Morgan fingerprint density at radius 1 is 1.24 bits per heavy atom. The van der Waals surface area contributed by atoms with Crippen LogP contribution in [-0.2, 0) is 12.8 Å². The van der Waals surface area contributed by atoms with Crippen LogP contribution in [0.4, 0.5) is 0 Å². The number of nitrogens with one attached hydrogen (secondary N) is 1. The third-order valence-electron chi connectivity index (χ3n) is 5.64. The van der Waals surface area contributed by atoms with E-state index < -0.39 is 5.97 Å². The number of rotatable bonds is 5. The van der Waals surface area contributed by atoms with E-state index in [1.54, 1.807) is 12.1 Å². The largest absolute Gasteiger partial charge is 0.492 e. The van der Waals surface area contributed by atoms with Gasteiger partial charge in [0.15, 0.2) is 0 Å². The van der Waals surface area contributed by atoms with Crippen molar-refractivity contribution in [2.45, 2.75) is 38.2 Å². The van der Waals surface area contributed by atoms with Gasteiger partial charge in [-0.1, -0.05) is 6.07 Å². The van der Waals surface area contributed by atoms with E-state index in [0.29, 0.717) is 36.3 Å². The highest BCUT2D eigenvalue weighted by molar-refractivity contribution is 5.92. The van der Waals surface area contributed by atoms with Crippen LogP contribution in [0.15, 0.2) is 35.1 Å². The van der Waals surface area contributed by atoms with Crippen LogP contribution in [0.5, 0.6) is 11.5 Å². The van der Waals surface area contributed by atoms with Crippen LogP contribution in [-0.4, -0.2) is 34.0 Å². The summed E-state index contributed by atoms with van der Waals surface area (Å²) >= 11 is 0. The number of hydrogen-bond donors (Lipinski definition) is 2. The molecule has 5 rings (SSSR count). The van der Waals surface area contributed by atoms with Gasteiger partial charge in [0, 0.05) is 18.2 Å². The Labute approximate surface area is 166 Å². The number of carboxylic acid groups (broad SMARTS) is 1. The van der Waals surface area contributed by atoms with Crippen molar-refractivity contribution < 1.29 is 19.4 Å². The van der Waals surface area contributed by atoms with Crippen LogP contribution in [0.2, 0.25) is 0 Å². The minimum Gasteiger partial charge on any atom is -0.492 e. The molecule has 1 fully saturated rings. The molecule has 0 bridgehead atoms. The van der Waals surface area contributed by atoms with Gasteiger partial charge in [0.2, 0.25) is 0 Å². The summed E-state index contributed by atoms with van der Waals surface area (Å²) < 4.78 is 11.5. The van der Waals surface area contributed by atoms with Gasteiger partial charge in [0.1, 0.15) is 17.1 Å². The smallest absolute Gasteiger partial charge is 0.339 e. The molecule has 1 aliphatic carbocycles. The van der Waals surface area contributed by atoms with E-state index in [-0.39, 0.29) is 17.2 Å². The molecule has 0 radical (unpaired) electrons. The molecule has 0 amide bonds. The average molecular weight is 392 g/mol. The number of carboxylic acids is 1. The second kappa shape index (κ2) is 6.92. The van der Waals surface area contributed by atoms with Crippen LogP contribution >= 0.6 is 0 Å². The van der Waals surface area contributed by atoms with Crippen molar-refractivity contribution in [3.63, 3.8) is 0 Å². The molecule has 0 atom stereocenters. The maximum Gasteiger partial charge on any atom is 0.339 e. The van der Waals surface area contributed by atoms with Gasteiger partial charge in [-0.05, 0) is 54.7 Å². The Bertz CT molecular complexity index is 1180. The molecule has 0 unspecified atom stereocenters. The van der Waals surface area contributed by atoms with Crippen molar-refractivity contribution >= 4 is 16.7 Å². The van der Waals surface area contributed by atoms with Gasteiger partial charge in [0.05, 0.1) is 23.8 Å². The summed E-state index contributed by atoms with van der Waals surface area (Å²) in [4.78, 5) is 23.9. The van der Waals surface area contributed by atoms with Crippen LogP contribution in [0.3, 0.4) is 0 Å². The number of aromatic nitrogens is 2. The topological polar surface area (TPSA) is 102 Å². The Balaban J connectivity index is 1.55. The van der Waals surface area contributed by atoms with Gasteiger partial charge in [0.25, 0.3) is 5.56 Å². The van der Waals surface area contributed by atoms with Crippen LogP contribution < -0.4 is 15.0 Å². The lowest BCUT2D eigenvalue weighted by Gasteiger charge is -2.26. The first kappa shape index (κ1) is 17.7. The summed E-state index contributed by atoms with van der Waals surface area (Å²) in [5, 5.41) is 17.6. The molecule has 2 aliphatic rings. The van der Waals surface area contributed by atoms with Gasteiger partial charge in [-0.25, -0.2) is 9.89 Å². The van der Waals surface area contributed by atoms with Gasteiger partial charge < -0.3 is 14.6 Å². The fourth-order valence-corrected chi connectivity index (χ4v) is 3.92. The van der Waals surface area contributed by atoms with Crippen LogP contribution in [0, 0.1) is 0 Å². The number of fused-ring (bicyclic) bond motifs is 2. The van der Waals surface area contributed by atoms with E-state index in [0.717, 1.165) is 35.1 Å². The lowest BCUT2D eigenvalue weighted by Crippen LogP contribution is -2.24. The summed E-state index contributed by atoms with van der Waals surface area (Å²) in [5.41, 5.74) is 2.29. The van der Waals surface area contributed by atoms with Crippen molar-refractivity contribution in [2.75, 3.05) is 6.61 Å². The Kier molecular flexibility index (Phi) is 4.23. The Morgan fingerprint density at radius 2 is 2.10 bits per heavy atom. The standard InChI is InChI=1S/C22H20N2O5/c25-21-16-5-4-15(29-14-2-1-3-14)11-17(16)19(23-24-21)10-12-8-13-6-7-28-20(13)18(9-12)22(26)27/h4-5,8-9,11,14H,1-3,6-7,10H2,(H,24,25)(H,26,27). The SMILES string of the molecule is O=C(O)c1cc(Cc2n[nH]c(=O)c3ccc(OC4CCC4)cc23)cc2c1OCC2. The molecule has 1 saturated carbocycles. The van der Waals surface area contributed by atoms with Gasteiger partial charge in [-0.15, -0.1) is 0 Å². The minimum atomic E-state index is -1.01. The highest BCUT2D eigenvalue weighted by Gasteiger charge is 2.23. The van der Waals surface area contributed by atoms with Crippen molar-refractivity contribution in [1.82, 2.24) is 10.2 Å². The molecule has 1 aliphatic heterocycles. The second-order valence-corrected chi connectivity index (χ2v) is 7.59. The molecule has 2 heterocycles. The van der Waals surface area contributed by atoms with Crippen LogP contribution in [0.25, 0.3) is 10.8 Å². The number of aromatic carboxylic acids is 1. The Hall–Kier alpha value is -3.35. The molecule has 3 aromatic rings. The minimum absolute atomic E-state index is 0.165. The van der Waals surface area contributed by atoms with E-state index in [9.17, 15) is 14.7 Å². The summed E-state index contributed by atoms with van der Waals surface area (Å²) in [6.07, 6.45) is 4.59. The second-order valence-electron chi connectivity index (χ2n) is 7.59. The fourth-order valence-electron chi connectivity index (χ4n) is 3.92. The van der Waals surface area contributed by atoms with E-state index in [1.807, 2.05) is 18.2 Å². The van der Waals surface area contributed by atoms with Crippen molar-refractivity contribution in [3.8, 4) is 11.5 Å². The van der Waals surface area contributed by atoms with Gasteiger partial charge in [-0.2, -0.15) is 5.10 Å². The monoisotopic (exact) mass is 392 g/mol. The van der Waals surface area contributed by atoms with E-state index in [1.165, 1.54) is 6.42 Å². The van der Waals surface area contributed by atoms with E-state index in [4.69, 9.17) is 9.47 Å². The molecule has 0 saturated heterocycles. The first-order valence-electron chi connectivity index (χ1n) is 9.78. The fraction of sp³-hybridized carbons (Fsp3) is 0.318.